The molecule has 1 amide bonds. The predicted octanol–water partition coefficient (Wildman–Crippen LogP) is 0.983. The van der Waals surface area contributed by atoms with Crippen LogP contribution in [0, 0.1) is 0 Å². The van der Waals surface area contributed by atoms with Gasteiger partial charge in [0.25, 0.3) is 5.91 Å². The van der Waals surface area contributed by atoms with Crippen molar-refractivity contribution in [1.82, 2.24) is 0 Å². The van der Waals surface area contributed by atoms with Crippen LogP contribution in [-0.2, 0) is 0 Å². The lowest BCUT2D eigenvalue weighted by molar-refractivity contribution is 0.0991. The van der Waals surface area contributed by atoms with Gasteiger partial charge in [0, 0.05) is 19.5 Å². The monoisotopic (exact) mass is 297 g/mol. The number of Topliss-reactive ketones (excluding diaryl/α,β-unsaturated/α-hetero) is 1. The van der Waals surface area contributed by atoms with Crippen molar-refractivity contribution in [2.45, 2.75) is 32.3 Å². The van der Waals surface area contributed by atoms with Gasteiger partial charge in [-0.25, -0.2) is 0 Å². The number of nitrogens with zero attached hydrogens (tertiary/aromatic N) is 1. The molecule has 7 heteroatoms. The van der Waals surface area contributed by atoms with Crippen LogP contribution in [-0.4, -0.2) is 36.0 Å². The van der Waals surface area contributed by atoms with Gasteiger partial charge in [-0.05, 0) is 12.8 Å². The van der Waals surface area contributed by atoms with Crippen LogP contribution in [0.3, 0.4) is 0 Å². The van der Waals surface area contributed by atoms with Crippen molar-refractivity contribution < 1.29 is 14.7 Å². The first-order valence-corrected chi connectivity index (χ1v) is 7.45. The molecule has 5 N–H and O–H groups in total. The molecule has 2 heterocycles. The molecular formula is C13H19N3O3S. The Morgan fingerprint density at radius 3 is 2.50 bits per heavy atom. The number of anilines is 2. The fourth-order valence-corrected chi connectivity index (χ4v) is 3.62. The second kappa shape index (κ2) is 5.80. The third-order valence-corrected chi connectivity index (χ3v) is 4.81. The zero-order valence-electron chi connectivity index (χ0n) is 11.4. The average Bonchev–Trinajstić information content (AvgIpc) is 2.76. The summed E-state index contributed by atoms with van der Waals surface area (Å²) in [5.41, 5.74) is 11.8. The van der Waals surface area contributed by atoms with E-state index in [9.17, 15) is 14.7 Å². The molecule has 1 fully saturated rings. The second-order valence-electron chi connectivity index (χ2n) is 4.88. The molecule has 110 valence electrons. The summed E-state index contributed by atoms with van der Waals surface area (Å²) < 4.78 is 0. The maximum Gasteiger partial charge on any atom is 0.253 e. The lowest BCUT2D eigenvalue weighted by Gasteiger charge is -2.30. The van der Waals surface area contributed by atoms with Gasteiger partial charge in [0.05, 0.1) is 22.2 Å². The van der Waals surface area contributed by atoms with Crippen LogP contribution in [0.15, 0.2) is 0 Å². The third kappa shape index (κ3) is 2.64. The molecule has 1 saturated heterocycles. The van der Waals surface area contributed by atoms with Gasteiger partial charge in [0.2, 0.25) is 0 Å². The maximum atomic E-state index is 11.9. The number of thiophene rings is 1. The number of piperidine rings is 1. The standard InChI is InChI=1S/C13H19N3O3S/c1-2-8(18)11-10(14)9(12(15)19)13(20-11)16-5-3-7(17)4-6-16/h7,17H,2-6,14H2,1H3,(H2,15,19). The van der Waals surface area contributed by atoms with E-state index in [0.717, 1.165) is 0 Å². The normalized spacial score (nSPS) is 16.4. The van der Waals surface area contributed by atoms with E-state index in [4.69, 9.17) is 11.5 Å². The molecule has 0 bridgehead atoms. The Labute approximate surface area is 121 Å². The van der Waals surface area contributed by atoms with E-state index in [1.165, 1.54) is 11.3 Å². The molecule has 0 atom stereocenters. The minimum absolute atomic E-state index is 0.0849. The van der Waals surface area contributed by atoms with Gasteiger partial charge >= 0.3 is 0 Å². The molecule has 1 aliphatic rings. The first-order chi connectivity index (χ1) is 9.45. The third-order valence-electron chi connectivity index (χ3n) is 3.50. The van der Waals surface area contributed by atoms with E-state index in [1.807, 2.05) is 4.90 Å². The van der Waals surface area contributed by atoms with E-state index < -0.39 is 5.91 Å². The number of nitrogens with two attached hydrogens (primary N) is 2. The van der Waals surface area contributed by atoms with Crippen LogP contribution < -0.4 is 16.4 Å². The fourth-order valence-electron chi connectivity index (χ4n) is 2.33. The summed E-state index contributed by atoms with van der Waals surface area (Å²) in [4.78, 5) is 25.9. The molecule has 0 radical (unpaired) electrons. The SMILES string of the molecule is CCC(=O)c1sc(N2CCC(O)CC2)c(C(N)=O)c1N. The fraction of sp³-hybridized carbons (Fsp3) is 0.538. The number of amides is 1. The molecule has 0 aromatic carbocycles. The van der Waals surface area contributed by atoms with Crippen molar-refractivity contribution in [3.63, 3.8) is 0 Å². The number of aliphatic hydroxyl groups excluding tert-OH is 1. The summed E-state index contributed by atoms with van der Waals surface area (Å²) in [6, 6.07) is 0. The van der Waals surface area contributed by atoms with Crippen LogP contribution in [0.1, 0.15) is 46.2 Å². The summed E-state index contributed by atoms with van der Waals surface area (Å²) in [6.07, 6.45) is 1.29. The Hall–Kier alpha value is -1.60. The number of primary amides is 1. The van der Waals surface area contributed by atoms with E-state index >= 15 is 0 Å². The Balaban J connectivity index is 2.41. The summed E-state index contributed by atoms with van der Waals surface area (Å²) in [5.74, 6) is -0.701. The van der Waals surface area contributed by atoms with Gasteiger partial charge in [0.1, 0.15) is 5.00 Å². The van der Waals surface area contributed by atoms with Gasteiger partial charge < -0.3 is 21.5 Å². The Morgan fingerprint density at radius 1 is 1.40 bits per heavy atom. The number of hydrogen-bond acceptors (Lipinski definition) is 6. The van der Waals surface area contributed by atoms with Crippen LogP contribution in [0.25, 0.3) is 0 Å². The maximum absolute atomic E-state index is 11.9. The Kier molecular flexibility index (Phi) is 4.29. The van der Waals surface area contributed by atoms with E-state index in [1.54, 1.807) is 6.92 Å². The zero-order chi connectivity index (χ0) is 14.9. The Bertz CT molecular complexity index is 533. The predicted molar refractivity (Wildman–Crippen MR) is 79.3 cm³/mol. The minimum atomic E-state index is -0.616. The highest BCUT2D eigenvalue weighted by Crippen LogP contribution is 2.39. The van der Waals surface area contributed by atoms with Crippen molar-refractivity contribution >= 4 is 33.7 Å². The number of carbonyl (C=O) groups excluding carboxylic acids is 2. The molecule has 2 rings (SSSR count). The highest BCUT2D eigenvalue weighted by molar-refractivity contribution is 7.19. The highest BCUT2D eigenvalue weighted by Gasteiger charge is 2.28. The molecule has 1 aromatic rings. The van der Waals surface area contributed by atoms with Crippen molar-refractivity contribution in [3.8, 4) is 0 Å². The quantitative estimate of drug-likeness (QED) is 0.718. The second-order valence-corrected chi connectivity index (χ2v) is 5.88. The van der Waals surface area contributed by atoms with Crippen LogP contribution >= 0.6 is 11.3 Å². The largest absolute Gasteiger partial charge is 0.397 e. The highest BCUT2D eigenvalue weighted by atomic mass is 32.1. The van der Waals surface area contributed by atoms with Gasteiger partial charge in [-0.3, -0.25) is 9.59 Å². The van der Waals surface area contributed by atoms with Gasteiger partial charge in [-0.2, -0.15) is 0 Å². The summed E-state index contributed by atoms with van der Waals surface area (Å²) in [7, 11) is 0. The lowest BCUT2D eigenvalue weighted by Crippen LogP contribution is -2.36. The molecule has 0 spiro atoms. The number of rotatable bonds is 4. The molecular weight excluding hydrogens is 278 g/mol. The van der Waals surface area contributed by atoms with E-state index in [0.29, 0.717) is 42.2 Å². The number of aliphatic hydroxyl groups is 1. The Morgan fingerprint density at radius 2 is 2.00 bits per heavy atom. The van der Waals surface area contributed by atoms with Crippen LogP contribution in [0.2, 0.25) is 0 Å². The molecule has 0 aliphatic carbocycles. The van der Waals surface area contributed by atoms with Crippen LogP contribution in [0.5, 0.6) is 0 Å². The van der Waals surface area contributed by atoms with Crippen molar-refractivity contribution in [1.29, 1.82) is 0 Å². The molecule has 0 unspecified atom stereocenters. The number of carbonyl (C=O) groups is 2. The first-order valence-electron chi connectivity index (χ1n) is 6.64. The van der Waals surface area contributed by atoms with E-state index in [2.05, 4.69) is 0 Å². The average molecular weight is 297 g/mol. The molecule has 6 nitrogen and oxygen atoms in total. The summed E-state index contributed by atoms with van der Waals surface area (Å²) >= 11 is 1.22. The molecule has 20 heavy (non-hydrogen) atoms. The summed E-state index contributed by atoms with van der Waals surface area (Å²) in [6.45, 7) is 3.00. The number of ketones is 1. The zero-order valence-corrected chi connectivity index (χ0v) is 12.2. The van der Waals surface area contributed by atoms with Gasteiger partial charge in [0.15, 0.2) is 5.78 Å². The first kappa shape index (κ1) is 14.8. The molecule has 1 aliphatic heterocycles. The van der Waals surface area contributed by atoms with Crippen LogP contribution in [0.4, 0.5) is 10.7 Å². The minimum Gasteiger partial charge on any atom is -0.397 e. The van der Waals surface area contributed by atoms with Crippen molar-refractivity contribution in [2.24, 2.45) is 5.73 Å². The lowest BCUT2D eigenvalue weighted by atomic mass is 10.1. The van der Waals surface area contributed by atoms with Gasteiger partial charge in [-0.1, -0.05) is 6.92 Å². The smallest absolute Gasteiger partial charge is 0.253 e. The number of hydrogen-bond donors (Lipinski definition) is 3. The topological polar surface area (TPSA) is 110 Å². The van der Waals surface area contributed by atoms with Gasteiger partial charge in [-0.15, -0.1) is 11.3 Å². The number of nitrogen functional groups attached to an aromatic ring is 1. The molecule has 0 saturated carbocycles. The molecule has 1 aromatic heterocycles. The van der Waals surface area contributed by atoms with Crippen molar-refractivity contribution in [3.05, 3.63) is 10.4 Å². The van der Waals surface area contributed by atoms with Crippen molar-refractivity contribution in [2.75, 3.05) is 23.7 Å². The van der Waals surface area contributed by atoms with E-state index in [-0.39, 0.29) is 23.1 Å². The summed E-state index contributed by atoms with van der Waals surface area (Å²) in [5, 5.41) is 10.2.